The van der Waals surface area contributed by atoms with E-state index in [9.17, 15) is 0 Å². The van der Waals surface area contributed by atoms with Gasteiger partial charge in [0.15, 0.2) is 0 Å². The Morgan fingerprint density at radius 1 is 0.750 bits per heavy atom. The summed E-state index contributed by atoms with van der Waals surface area (Å²) < 4.78 is 0. The number of hydrogen-bond acceptors (Lipinski definition) is 1. The molecule has 1 N–H and O–H groups in total. The van der Waals surface area contributed by atoms with E-state index >= 15 is 0 Å². The predicted octanol–water partition coefficient (Wildman–Crippen LogP) is 5.69. The van der Waals surface area contributed by atoms with E-state index in [0.29, 0.717) is 0 Å². The van der Waals surface area contributed by atoms with Gasteiger partial charge < -0.3 is 5.32 Å². The van der Waals surface area contributed by atoms with Gasteiger partial charge in [-0.05, 0) is 44.1 Å². The molecule has 0 heterocycles. The highest BCUT2D eigenvalue weighted by molar-refractivity contribution is 4.77. The highest BCUT2D eigenvalue weighted by Gasteiger charge is 2.21. The van der Waals surface area contributed by atoms with Crippen LogP contribution in [0.5, 0.6) is 0 Å². The summed E-state index contributed by atoms with van der Waals surface area (Å²) in [4.78, 5) is 0. The first kappa shape index (κ1) is 16.3. The summed E-state index contributed by atoms with van der Waals surface area (Å²) in [5, 5.41) is 3.92. The van der Waals surface area contributed by atoms with Crippen molar-refractivity contribution in [3.8, 4) is 0 Å². The van der Waals surface area contributed by atoms with Gasteiger partial charge in [-0.2, -0.15) is 0 Å². The van der Waals surface area contributed by atoms with Crippen LogP contribution in [0.4, 0.5) is 0 Å². The number of unbranched alkanes of at least 4 members (excludes halogenated alkanes) is 1. The summed E-state index contributed by atoms with van der Waals surface area (Å²) in [6.45, 7) is 3.63. The molecule has 0 unspecified atom stereocenters. The average Bonchev–Trinajstić information content (AvgIpc) is 2.45. The smallest absolute Gasteiger partial charge is 0.00671 e. The summed E-state index contributed by atoms with van der Waals surface area (Å²) >= 11 is 0. The Hall–Kier alpha value is -0.0400. The fourth-order valence-electron chi connectivity index (χ4n) is 4.21. The molecule has 0 radical (unpaired) electrons. The minimum absolute atomic E-state index is 0.841. The molecule has 0 atom stereocenters. The Morgan fingerprint density at radius 3 is 2.00 bits per heavy atom. The summed E-state index contributed by atoms with van der Waals surface area (Å²) in [6.07, 6.45) is 20.6. The Kier molecular flexibility index (Phi) is 8.02. The van der Waals surface area contributed by atoms with Gasteiger partial charge in [0, 0.05) is 6.04 Å². The van der Waals surface area contributed by atoms with Crippen LogP contribution in [0.25, 0.3) is 0 Å². The van der Waals surface area contributed by atoms with Crippen LogP contribution in [0.3, 0.4) is 0 Å². The normalized spacial score (nSPS) is 29.9. The Balaban J connectivity index is 1.57. The van der Waals surface area contributed by atoms with Crippen LogP contribution >= 0.6 is 0 Å². The third-order valence-corrected chi connectivity index (χ3v) is 5.73. The van der Waals surface area contributed by atoms with Crippen LogP contribution < -0.4 is 5.32 Å². The molecule has 0 spiro atoms. The largest absolute Gasteiger partial charge is 0.314 e. The molecule has 2 aliphatic rings. The second-order valence-electron chi connectivity index (χ2n) is 7.48. The van der Waals surface area contributed by atoms with E-state index in [-0.39, 0.29) is 0 Å². The fourth-order valence-corrected chi connectivity index (χ4v) is 4.21. The molecule has 0 aliphatic heterocycles. The van der Waals surface area contributed by atoms with Gasteiger partial charge in [0.2, 0.25) is 0 Å². The second-order valence-corrected chi connectivity index (χ2v) is 7.48. The molecular formula is C19H37N. The Morgan fingerprint density at radius 2 is 1.35 bits per heavy atom. The van der Waals surface area contributed by atoms with Crippen molar-refractivity contribution in [3.63, 3.8) is 0 Å². The number of nitrogens with one attached hydrogen (secondary N) is 1. The highest BCUT2D eigenvalue weighted by atomic mass is 14.9. The molecule has 0 saturated heterocycles. The second kappa shape index (κ2) is 9.82. The standard InChI is InChI=1S/C19H37N/c1-2-3-9-17-12-14-18(15-13-17)16-20-19-10-7-5-4-6-8-11-19/h17-20H,2-16H2,1H3. The van der Waals surface area contributed by atoms with E-state index in [0.717, 1.165) is 17.9 Å². The minimum atomic E-state index is 0.841. The van der Waals surface area contributed by atoms with Gasteiger partial charge in [0.25, 0.3) is 0 Å². The van der Waals surface area contributed by atoms with Crippen molar-refractivity contribution in [1.82, 2.24) is 5.32 Å². The molecule has 0 amide bonds. The number of rotatable bonds is 6. The van der Waals surface area contributed by atoms with Crippen LogP contribution in [-0.2, 0) is 0 Å². The van der Waals surface area contributed by atoms with Crippen molar-refractivity contribution in [2.75, 3.05) is 6.54 Å². The van der Waals surface area contributed by atoms with Crippen LogP contribution in [0.1, 0.15) is 96.8 Å². The van der Waals surface area contributed by atoms with Gasteiger partial charge in [-0.25, -0.2) is 0 Å². The molecule has 0 bridgehead atoms. The van der Waals surface area contributed by atoms with Crippen molar-refractivity contribution >= 4 is 0 Å². The summed E-state index contributed by atoms with van der Waals surface area (Å²) in [5.74, 6) is 2.05. The SMILES string of the molecule is CCCCC1CCC(CNC2CCCCCCC2)CC1. The van der Waals surface area contributed by atoms with Gasteiger partial charge in [0.1, 0.15) is 0 Å². The molecule has 1 nitrogen and oxygen atoms in total. The van der Waals surface area contributed by atoms with E-state index in [1.807, 2.05) is 0 Å². The Labute approximate surface area is 127 Å². The zero-order valence-corrected chi connectivity index (χ0v) is 13.8. The average molecular weight is 280 g/mol. The lowest BCUT2D eigenvalue weighted by molar-refractivity contribution is 0.243. The zero-order valence-electron chi connectivity index (χ0n) is 13.8. The van der Waals surface area contributed by atoms with Crippen LogP contribution in [0.15, 0.2) is 0 Å². The first-order chi connectivity index (χ1) is 9.88. The monoisotopic (exact) mass is 279 g/mol. The van der Waals surface area contributed by atoms with E-state index in [4.69, 9.17) is 0 Å². The summed E-state index contributed by atoms with van der Waals surface area (Å²) in [6, 6.07) is 0.841. The molecule has 2 fully saturated rings. The van der Waals surface area contributed by atoms with Gasteiger partial charge in [-0.1, -0.05) is 71.1 Å². The van der Waals surface area contributed by atoms with Crippen LogP contribution in [0.2, 0.25) is 0 Å². The molecule has 118 valence electrons. The molecule has 0 aromatic heterocycles. The van der Waals surface area contributed by atoms with Crippen LogP contribution in [0, 0.1) is 11.8 Å². The fraction of sp³-hybridized carbons (Fsp3) is 1.00. The van der Waals surface area contributed by atoms with Crippen molar-refractivity contribution in [3.05, 3.63) is 0 Å². The van der Waals surface area contributed by atoms with Gasteiger partial charge >= 0.3 is 0 Å². The zero-order chi connectivity index (χ0) is 14.0. The van der Waals surface area contributed by atoms with E-state index in [1.54, 1.807) is 0 Å². The molecule has 0 aromatic rings. The Bertz CT molecular complexity index is 222. The number of hydrogen-bond donors (Lipinski definition) is 1. The molecule has 1 heteroatoms. The third kappa shape index (κ3) is 6.16. The van der Waals surface area contributed by atoms with E-state index in [1.165, 1.54) is 96.4 Å². The van der Waals surface area contributed by atoms with Gasteiger partial charge in [0.05, 0.1) is 0 Å². The predicted molar refractivity (Wildman–Crippen MR) is 89.1 cm³/mol. The molecule has 2 saturated carbocycles. The molecule has 2 rings (SSSR count). The molecule has 2 aliphatic carbocycles. The lowest BCUT2D eigenvalue weighted by Gasteiger charge is -2.30. The topological polar surface area (TPSA) is 12.0 Å². The lowest BCUT2D eigenvalue weighted by atomic mass is 9.79. The van der Waals surface area contributed by atoms with Crippen molar-refractivity contribution < 1.29 is 0 Å². The van der Waals surface area contributed by atoms with E-state index < -0.39 is 0 Å². The van der Waals surface area contributed by atoms with Crippen molar-refractivity contribution in [2.24, 2.45) is 11.8 Å². The maximum Gasteiger partial charge on any atom is 0.00671 e. The quantitative estimate of drug-likeness (QED) is 0.659. The lowest BCUT2D eigenvalue weighted by Crippen LogP contribution is -2.35. The first-order valence-electron chi connectivity index (χ1n) is 9.62. The van der Waals surface area contributed by atoms with Gasteiger partial charge in [-0.3, -0.25) is 0 Å². The maximum atomic E-state index is 3.92. The maximum absolute atomic E-state index is 3.92. The molecule has 20 heavy (non-hydrogen) atoms. The molecule has 0 aromatic carbocycles. The first-order valence-corrected chi connectivity index (χ1v) is 9.62. The van der Waals surface area contributed by atoms with E-state index in [2.05, 4.69) is 12.2 Å². The summed E-state index contributed by atoms with van der Waals surface area (Å²) in [5.41, 5.74) is 0. The van der Waals surface area contributed by atoms with Crippen LogP contribution in [-0.4, -0.2) is 12.6 Å². The van der Waals surface area contributed by atoms with Crippen molar-refractivity contribution in [2.45, 2.75) is 103 Å². The summed E-state index contributed by atoms with van der Waals surface area (Å²) in [7, 11) is 0. The van der Waals surface area contributed by atoms with Crippen molar-refractivity contribution in [1.29, 1.82) is 0 Å². The highest BCUT2D eigenvalue weighted by Crippen LogP contribution is 2.31. The molecular weight excluding hydrogens is 242 g/mol. The third-order valence-electron chi connectivity index (χ3n) is 5.73. The minimum Gasteiger partial charge on any atom is -0.314 e. The van der Waals surface area contributed by atoms with Gasteiger partial charge in [-0.15, -0.1) is 0 Å².